The van der Waals surface area contributed by atoms with Crippen molar-refractivity contribution in [2.24, 2.45) is 11.1 Å². The summed E-state index contributed by atoms with van der Waals surface area (Å²) in [6, 6.07) is -0.667. The molecule has 0 aromatic heterocycles. The van der Waals surface area contributed by atoms with E-state index in [9.17, 15) is 9.59 Å². The molecule has 1 amide bonds. The van der Waals surface area contributed by atoms with Gasteiger partial charge in [0, 0.05) is 20.2 Å². The van der Waals surface area contributed by atoms with Gasteiger partial charge in [0.05, 0.1) is 19.1 Å². The van der Waals surface area contributed by atoms with Gasteiger partial charge >= 0.3 is 5.97 Å². The van der Waals surface area contributed by atoms with E-state index in [0.717, 1.165) is 0 Å². The molecule has 2 atom stereocenters. The second-order valence-corrected chi connectivity index (χ2v) is 4.62. The monoisotopic (exact) mass is 280 g/mol. The average molecular weight is 281 g/mol. The number of nitrogens with zero attached hydrogens (tertiary/aromatic N) is 1. The van der Waals surface area contributed by atoms with Gasteiger partial charge in [-0.25, -0.2) is 0 Å². The molecular formula is C11H21ClN2O4. The van der Waals surface area contributed by atoms with Crippen molar-refractivity contribution >= 4 is 24.3 Å². The van der Waals surface area contributed by atoms with Gasteiger partial charge in [0.1, 0.15) is 6.04 Å². The zero-order chi connectivity index (χ0) is 13.1. The van der Waals surface area contributed by atoms with Gasteiger partial charge < -0.3 is 20.1 Å². The van der Waals surface area contributed by atoms with E-state index < -0.39 is 11.5 Å². The molecule has 0 aromatic carbocycles. The number of methoxy groups -OCH3 is 2. The Morgan fingerprint density at radius 2 is 2.06 bits per heavy atom. The van der Waals surface area contributed by atoms with Crippen molar-refractivity contribution in [1.29, 1.82) is 0 Å². The number of carbonyl (C=O) groups excluding carboxylic acids is 2. The summed E-state index contributed by atoms with van der Waals surface area (Å²) in [5.41, 5.74) is 5.06. The van der Waals surface area contributed by atoms with E-state index >= 15 is 0 Å². The molecule has 0 aromatic rings. The molecule has 1 aliphatic rings. The largest absolute Gasteiger partial charge is 0.469 e. The minimum Gasteiger partial charge on any atom is -0.469 e. The SMILES string of the molecule is COCC(N)C(=O)N1CCC(C)(C(=O)OC)C1.Cl. The van der Waals surface area contributed by atoms with Crippen LogP contribution in [0.15, 0.2) is 0 Å². The first-order valence-corrected chi connectivity index (χ1v) is 5.56. The van der Waals surface area contributed by atoms with Crippen LogP contribution in [0.4, 0.5) is 0 Å². The zero-order valence-electron chi connectivity index (χ0n) is 11.0. The van der Waals surface area contributed by atoms with Gasteiger partial charge in [-0.05, 0) is 13.3 Å². The van der Waals surface area contributed by atoms with Gasteiger partial charge in [0.25, 0.3) is 0 Å². The fraction of sp³-hybridized carbons (Fsp3) is 0.818. The van der Waals surface area contributed by atoms with Crippen LogP contribution in [-0.2, 0) is 19.1 Å². The highest BCUT2D eigenvalue weighted by atomic mass is 35.5. The highest BCUT2D eigenvalue weighted by Gasteiger charge is 2.43. The summed E-state index contributed by atoms with van der Waals surface area (Å²) in [4.78, 5) is 25.1. The third-order valence-corrected chi connectivity index (χ3v) is 3.13. The Morgan fingerprint density at radius 3 is 2.56 bits per heavy atom. The van der Waals surface area contributed by atoms with Gasteiger partial charge in [-0.1, -0.05) is 0 Å². The van der Waals surface area contributed by atoms with Crippen LogP contribution in [-0.4, -0.2) is 56.7 Å². The molecule has 2 unspecified atom stereocenters. The summed E-state index contributed by atoms with van der Waals surface area (Å²) < 4.78 is 9.58. The van der Waals surface area contributed by atoms with E-state index in [1.807, 2.05) is 0 Å². The van der Waals surface area contributed by atoms with E-state index in [1.54, 1.807) is 11.8 Å². The van der Waals surface area contributed by atoms with Gasteiger partial charge in [-0.15, -0.1) is 12.4 Å². The number of nitrogens with two attached hydrogens (primary N) is 1. The predicted octanol–water partition coefficient (Wildman–Crippen LogP) is -0.206. The van der Waals surface area contributed by atoms with E-state index in [0.29, 0.717) is 19.5 Å². The number of carbonyl (C=O) groups is 2. The minimum atomic E-state index is -0.667. The lowest BCUT2D eigenvalue weighted by atomic mass is 9.90. The number of amides is 1. The molecule has 1 fully saturated rings. The van der Waals surface area contributed by atoms with Crippen LogP contribution < -0.4 is 5.73 Å². The molecule has 2 N–H and O–H groups in total. The van der Waals surface area contributed by atoms with Crippen molar-refractivity contribution < 1.29 is 19.1 Å². The Balaban J connectivity index is 0.00000289. The molecule has 106 valence electrons. The van der Waals surface area contributed by atoms with Crippen molar-refractivity contribution in [3.8, 4) is 0 Å². The maximum atomic E-state index is 11.9. The zero-order valence-corrected chi connectivity index (χ0v) is 11.8. The molecule has 7 heteroatoms. The molecule has 0 aliphatic carbocycles. The second-order valence-electron chi connectivity index (χ2n) is 4.62. The first kappa shape index (κ1) is 17.2. The Labute approximate surface area is 113 Å². The summed E-state index contributed by atoms with van der Waals surface area (Å²) in [6.07, 6.45) is 0.602. The number of ether oxygens (including phenoxy) is 2. The van der Waals surface area contributed by atoms with Crippen molar-refractivity contribution in [2.75, 3.05) is 33.9 Å². The van der Waals surface area contributed by atoms with Crippen LogP contribution in [0.5, 0.6) is 0 Å². The maximum Gasteiger partial charge on any atom is 0.313 e. The molecule has 1 aliphatic heterocycles. The molecule has 18 heavy (non-hydrogen) atoms. The molecule has 0 saturated carbocycles. The van der Waals surface area contributed by atoms with Gasteiger partial charge in [-0.3, -0.25) is 9.59 Å². The molecule has 0 bridgehead atoms. The maximum absolute atomic E-state index is 11.9. The number of esters is 1. The summed E-state index contributed by atoms with van der Waals surface area (Å²) in [6.45, 7) is 2.87. The van der Waals surface area contributed by atoms with Gasteiger partial charge in [0.15, 0.2) is 0 Å². The van der Waals surface area contributed by atoms with Crippen LogP contribution in [0.2, 0.25) is 0 Å². The molecule has 1 heterocycles. The third kappa shape index (κ3) is 3.57. The van der Waals surface area contributed by atoms with Crippen LogP contribution in [0.3, 0.4) is 0 Å². The molecule has 0 spiro atoms. The smallest absolute Gasteiger partial charge is 0.313 e. The highest BCUT2D eigenvalue weighted by molar-refractivity contribution is 5.85. The first-order chi connectivity index (χ1) is 7.94. The number of hydrogen-bond acceptors (Lipinski definition) is 5. The van der Waals surface area contributed by atoms with Gasteiger partial charge in [-0.2, -0.15) is 0 Å². The lowest BCUT2D eigenvalue weighted by molar-refractivity contribution is -0.151. The van der Waals surface area contributed by atoms with Crippen molar-refractivity contribution in [2.45, 2.75) is 19.4 Å². The quantitative estimate of drug-likeness (QED) is 0.721. The normalized spacial score (nSPS) is 24.3. The van der Waals surface area contributed by atoms with Gasteiger partial charge in [0.2, 0.25) is 5.91 Å². The number of rotatable bonds is 4. The lowest BCUT2D eigenvalue weighted by Gasteiger charge is -2.23. The lowest BCUT2D eigenvalue weighted by Crippen LogP contribution is -2.46. The Bertz CT molecular complexity index is 313. The molecule has 1 saturated heterocycles. The summed E-state index contributed by atoms with van der Waals surface area (Å²) >= 11 is 0. The average Bonchev–Trinajstić information content (AvgIpc) is 2.71. The van der Waals surface area contributed by atoms with E-state index in [2.05, 4.69) is 0 Å². The summed E-state index contributed by atoms with van der Waals surface area (Å²) in [5.74, 6) is -0.465. The van der Waals surface area contributed by atoms with E-state index in [4.69, 9.17) is 15.2 Å². The fourth-order valence-electron chi connectivity index (χ4n) is 2.05. The summed E-state index contributed by atoms with van der Waals surface area (Å²) in [7, 11) is 2.85. The number of hydrogen-bond donors (Lipinski definition) is 1. The summed E-state index contributed by atoms with van der Waals surface area (Å²) in [5, 5.41) is 0. The Morgan fingerprint density at radius 1 is 1.44 bits per heavy atom. The molecular weight excluding hydrogens is 260 g/mol. The van der Waals surface area contributed by atoms with Crippen molar-refractivity contribution in [1.82, 2.24) is 4.90 Å². The number of halogens is 1. The molecule has 0 radical (unpaired) electrons. The minimum absolute atomic E-state index is 0. The van der Waals surface area contributed by atoms with Crippen LogP contribution in [0.25, 0.3) is 0 Å². The van der Waals surface area contributed by atoms with Crippen LogP contribution in [0, 0.1) is 5.41 Å². The van der Waals surface area contributed by atoms with Crippen molar-refractivity contribution in [3.63, 3.8) is 0 Å². The van der Waals surface area contributed by atoms with Crippen molar-refractivity contribution in [3.05, 3.63) is 0 Å². The Hall–Kier alpha value is -0.850. The number of likely N-dealkylation sites (tertiary alicyclic amines) is 1. The van der Waals surface area contributed by atoms with Crippen LogP contribution in [0.1, 0.15) is 13.3 Å². The molecule has 1 rings (SSSR count). The fourth-order valence-corrected chi connectivity index (χ4v) is 2.05. The van der Waals surface area contributed by atoms with E-state index in [-0.39, 0.29) is 30.9 Å². The third-order valence-electron chi connectivity index (χ3n) is 3.13. The standard InChI is InChI=1S/C11H20N2O4.ClH/c1-11(10(15)17-3)4-5-13(7-11)9(14)8(12)6-16-2;/h8H,4-7,12H2,1-3H3;1H. The molecule has 6 nitrogen and oxygen atoms in total. The first-order valence-electron chi connectivity index (χ1n) is 5.56. The second kappa shape index (κ2) is 6.92. The van der Waals surface area contributed by atoms with Crippen LogP contribution >= 0.6 is 12.4 Å². The topological polar surface area (TPSA) is 81.9 Å². The Kier molecular flexibility index (Phi) is 6.59. The van der Waals surface area contributed by atoms with E-state index in [1.165, 1.54) is 14.2 Å². The highest BCUT2D eigenvalue weighted by Crippen LogP contribution is 2.31. The predicted molar refractivity (Wildman–Crippen MR) is 68.4 cm³/mol.